The van der Waals surface area contributed by atoms with Crippen LogP contribution in [0.3, 0.4) is 0 Å². The van der Waals surface area contributed by atoms with E-state index in [1.54, 1.807) is 37.7 Å². The van der Waals surface area contributed by atoms with Crippen molar-refractivity contribution in [2.75, 3.05) is 116 Å². The van der Waals surface area contributed by atoms with Gasteiger partial charge in [-0.2, -0.15) is 16.8 Å². The Morgan fingerprint density at radius 2 is 0.814 bits per heavy atom. The molecule has 2 aromatic heterocycles. The number of thioether (sulfide) groups is 2. The maximum atomic E-state index is 14.9. The van der Waals surface area contributed by atoms with E-state index in [1.165, 1.54) is 32.5 Å². The Labute approximate surface area is 427 Å². The van der Waals surface area contributed by atoms with Crippen molar-refractivity contribution in [3.05, 3.63) is 93.7 Å². The topological polar surface area (TPSA) is 205 Å². The summed E-state index contributed by atoms with van der Waals surface area (Å²) < 4.78 is 97.6. The van der Waals surface area contributed by atoms with Crippen LogP contribution in [0.15, 0.2) is 93.7 Å². The van der Waals surface area contributed by atoms with Gasteiger partial charge in [0.25, 0.3) is 32.1 Å². The average molecular weight is 1080 g/mol. The number of fused-ring (bicyclic) bond motifs is 1. The summed E-state index contributed by atoms with van der Waals surface area (Å²) in [6.07, 6.45) is 0.644. The van der Waals surface area contributed by atoms with Crippen LogP contribution in [0, 0.1) is 0 Å². The molecule has 0 unspecified atom stereocenters. The maximum Gasteiger partial charge on any atom is 0.264 e. The molecule has 2 aliphatic heterocycles. The molecule has 0 saturated carbocycles. The number of benzene rings is 2. The zero-order valence-electron chi connectivity index (χ0n) is 39.2. The molecule has 382 valence electrons. The monoisotopic (exact) mass is 1080 g/mol. The Bertz CT molecular complexity index is 2430. The van der Waals surface area contributed by atoms with Gasteiger partial charge < -0.3 is 38.2 Å². The van der Waals surface area contributed by atoms with Gasteiger partial charge in [-0.05, 0) is 85.3 Å². The van der Waals surface area contributed by atoms with E-state index >= 15 is 0 Å². The van der Waals surface area contributed by atoms with Crippen molar-refractivity contribution in [2.24, 2.45) is 0 Å². The van der Waals surface area contributed by atoms with Crippen LogP contribution in [0.1, 0.15) is 35.4 Å². The fourth-order valence-electron chi connectivity index (χ4n) is 7.48. The molecular weight excluding hydrogens is 1020 g/mol. The predicted octanol–water partition coefficient (Wildman–Crippen LogP) is 7.83. The van der Waals surface area contributed by atoms with Gasteiger partial charge in [0.05, 0.1) is 110 Å². The maximum absolute atomic E-state index is 14.9. The Balaban J connectivity index is 1.24. The molecule has 2 N–H and O–H groups in total. The van der Waals surface area contributed by atoms with Crippen molar-refractivity contribution >= 4 is 89.6 Å². The van der Waals surface area contributed by atoms with Crippen molar-refractivity contribution in [3.63, 3.8) is 0 Å². The standard InChI is InChI=1S/C48H60N2O14S6/c1-59-21-23-61-25-27-63-29-31-65-37-11-7-35(8-12-37)39-15-17-41(67-39)45-43-44(48(52)49(45)19-3-5-33-69(53,54)55)46(50(47(43)51)20-4-6-34-70(56,57)58)42-18-16-40(68-42)36-9-13-38(14-10-36)66-32-30-64-28-26-62-24-22-60-2/h7-18H,3-6,19-34H2,1-2H3,(H,53,54,55)(H,56,57,58). The van der Waals surface area contributed by atoms with E-state index in [1.807, 2.05) is 72.8 Å². The number of carbonyl (C=O) groups excluding carboxylic acids is 2. The molecule has 0 aliphatic carbocycles. The van der Waals surface area contributed by atoms with Crippen molar-refractivity contribution in [1.29, 1.82) is 0 Å². The van der Waals surface area contributed by atoms with Crippen LogP contribution in [0.4, 0.5) is 0 Å². The third-order valence-corrected chi connectivity index (χ3v) is 16.7. The van der Waals surface area contributed by atoms with E-state index in [-0.39, 0.29) is 49.9 Å². The van der Waals surface area contributed by atoms with Crippen LogP contribution in [-0.4, -0.2) is 164 Å². The number of methoxy groups -OCH3 is 2. The van der Waals surface area contributed by atoms with Crippen LogP contribution in [0.2, 0.25) is 0 Å². The normalized spacial score (nSPS) is 14.3. The lowest BCUT2D eigenvalue weighted by atomic mass is 10.1. The Morgan fingerprint density at radius 3 is 1.17 bits per heavy atom. The van der Waals surface area contributed by atoms with Crippen LogP contribution < -0.4 is 0 Å². The van der Waals surface area contributed by atoms with Crippen LogP contribution in [0.5, 0.6) is 0 Å². The molecule has 0 spiro atoms. The lowest BCUT2D eigenvalue weighted by Gasteiger charge is -2.24. The highest BCUT2D eigenvalue weighted by Gasteiger charge is 2.49. The summed E-state index contributed by atoms with van der Waals surface area (Å²) in [5.74, 6) is -0.259. The van der Waals surface area contributed by atoms with Crippen LogP contribution >= 0.6 is 46.2 Å². The highest BCUT2D eigenvalue weighted by atomic mass is 32.2. The molecule has 0 saturated heterocycles. The molecule has 16 nitrogen and oxygen atoms in total. The van der Waals surface area contributed by atoms with Crippen molar-refractivity contribution in [1.82, 2.24) is 9.80 Å². The van der Waals surface area contributed by atoms with Crippen LogP contribution in [-0.2, 0) is 58.2 Å². The second-order valence-corrected chi connectivity index (χ2v) is 23.5. The molecule has 2 amide bonds. The van der Waals surface area contributed by atoms with E-state index < -0.39 is 43.6 Å². The van der Waals surface area contributed by atoms with Crippen molar-refractivity contribution in [3.8, 4) is 20.9 Å². The second kappa shape index (κ2) is 28.1. The summed E-state index contributed by atoms with van der Waals surface area (Å²) in [5.41, 5.74) is 3.13. The fraction of sp³-hybridized carbons (Fsp3) is 0.458. The van der Waals surface area contributed by atoms with E-state index in [0.29, 0.717) is 87.2 Å². The minimum absolute atomic E-state index is 0.0881. The summed E-state index contributed by atoms with van der Waals surface area (Å²) in [6.45, 7) is 5.49. The molecule has 0 atom stereocenters. The Hall–Kier alpha value is -3.46. The number of amides is 2. The molecule has 70 heavy (non-hydrogen) atoms. The zero-order valence-corrected chi connectivity index (χ0v) is 44.1. The van der Waals surface area contributed by atoms with E-state index in [2.05, 4.69) is 0 Å². The Kier molecular flexibility index (Phi) is 22.4. The van der Waals surface area contributed by atoms with Crippen LogP contribution in [0.25, 0.3) is 32.3 Å². The third kappa shape index (κ3) is 16.8. The molecule has 0 bridgehead atoms. The van der Waals surface area contributed by atoms with Gasteiger partial charge in [-0.25, -0.2) is 0 Å². The predicted molar refractivity (Wildman–Crippen MR) is 277 cm³/mol. The zero-order chi connectivity index (χ0) is 49.9. The summed E-state index contributed by atoms with van der Waals surface area (Å²) in [5, 5.41) is 0. The highest BCUT2D eigenvalue weighted by molar-refractivity contribution is 7.99. The SMILES string of the molecule is COCCOCCOCCSc1ccc(-c2ccc(C3=C4C(=O)N(CCCCS(=O)(=O)O)C(c5ccc(-c6ccc(SCCOCCOCCOC)cc6)s5)=C4C(=O)N3CCCCS(=O)(=O)O)s2)cc1. The molecule has 0 radical (unpaired) electrons. The minimum Gasteiger partial charge on any atom is -0.382 e. The number of unbranched alkanes of at least 4 members (excludes halogenated alkanes) is 2. The number of thiophene rings is 2. The highest BCUT2D eigenvalue weighted by Crippen LogP contribution is 2.50. The Morgan fingerprint density at radius 1 is 0.471 bits per heavy atom. The molecule has 2 aliphatic rings. The number of rotatable bonds is 34. The number of ether oxygens (including phenoxy) is 6. The second-order valence-electron chi connectivity index (χ2n) is 15.9. The largest absolute Gasteiger partial charge is 0.382 e. The van der Waals surface area contributed by atoms with Gasteiger partial charge in [-0.15, -0.1) is 46.2 Å². The first-order valence-corrected chi connectivity index (χ1v) is 29.6. The summed E-state index contributed by atoms with van der Waals surface area (Å²) in [4.78, 5) is 38.1. The molecule has 22 heteroatoms. The molecule has 4 aromatic rings. The summed E-state index contributed by atoms with van der Waals surface area (Å²) in [7, 11) is -5.22. The summed E-state index contributed by atoms with van der Waals surface area (Å²) in [6, 6.07) is 23.9. The smallest absolute Gasteiger partial charge is 0.264 e. The molecule has 6 rings (SSSR count). The fourth-order valence-corrected chi connectivity index (χ4v) is 12.3. The van der Waals surface area contributed by atoms with Gasteiger partial charge in [0, 0.05) is 58.4 Å². The first kappa shape index (κ1) is 55.8. The summed E-state index contributed by atoms with van der Waals surface area (Å²) >= 11 is 6.19. The molecular formula is C48H60N2O14S6. The van der Waals surface area contributed by atoms with Crippen molar-refractivity contribution in [2.45, 2.75) is 35.5 Å². The van der Waals surface area contributed by atoms with E-state index in [0.717, 1.165) is 42.2 Å². The number of carbonyl (C=O) groups is 2. The van der Waals surface area contributed by atoms with Gasteiger partial charge in [0.2, 0.25) is 0 Å². The molecule has 0 fully saturated rings. The van der Waals surface area contributed by atoms with Gasteiger partial charge in [-0.1, -0.05) is 24.3 Å². The lowest BCUT2D eigenvalue weighted by Crippen LogP contribution is -2.31. The van der Waals surface area contributed by atoms with E-state index in [9.17, 15) is 35.5 Å². The van der Waals surface area contributed by atoms with Crippen molar-refractivity contribution < 1.29 is 64.0 Å². The van der Waals surface area contributed by atoms with Gasteiger partial charge in [0.1, 0.15) is 0 Å². The minimum atomic E-state index is -4.24. The number of hydrogen-bond donors (Lipinski definition) is 2. The van der Waals surface area contributed by atoms with Gasteiger partial charge >= 0.3 is 0 Å². The van der Waals surface area contributed by atoms with E-state index in [4.69, 9.17) is 28.4 Å². The van der Waals surface area contributed by atoms with Gasteiger partial charge in [0.15, 0.2) is 0 Å². The molecule has 2 aromatic carbocycles. The first-order valence-electron chi connectivity index (χ1n) is 22.8. The quantitative estimate of drug-likeness (QED) is 0.0260. The molecule has 4 heterocycles. The average Bonchev–Trinajstić information content (AvgIpc) is 4.13. The number of hydrogen-bond acceptors (Lipinski definition) is 16. The number of nitrogens with zero attached hydrogens (tertiary/aromatic N) is 2. The van der Waals surface area contributed by atoms with Gasteiger partial charge in [-0.3, -0.25) is 18.7 Å². The first-order chi connectivity index (χ1) is 33.8. The lowest BCUT2D eigenvalue weighted by molar-refractivity contribution is -0.124. The third-order valence-electron chi connectivity index (χ3n) is 10.8.